The van der Waals surface area contributed by atoms with E-state index in [1.54, 1.807) is 7.11 Å². The van der Waals surface area contributed by atoms with E-state index in [9.17, 15) is 4.79 Å². The van der Waals surface area contributed by atoms with Crippen LogP contribution in [-0.2, 0) is 16.0 Å². The van der Waals surface area contributed by atoms with Crippen molar-refractivity contribution in [2.45, 2.75) is 26.7 Å². The molecule has 1 atom stereocenters. The quantitative estimate of drug-likeness (QED) is 0.712. The van der Waals surface area contributed by atoms with Crippen LogP contribution in [0.15, 0.2) is 24.3 Å². The molecule has 1 aromatic rings. The van der Waals surface area contributed by atoms with Crippen molar-refractivity contribution in [2.75, 3.05) is 13.7 Å². The van der Waals surface area contributed by atoms with Crippen LogP contribution in [0, 0.1) is 5.92 Å². The molecular formula is C14H20O3. The van der Waals surface area contributed by atoms with Crippen LogP contribution >= 0.6 is 0 Å². The zero-order valence-corrected chi connectivity index (χ0v) is 10.7. The van der Waals surface area contributed by atoms with E-state index in [0.29, 0.717) is 12.5 Å². The fourth-order valence-electron chi connectivity index (χ4n) is 1.41. The van der Waals surface area contributed by atoms with Gasteiger partial charge in [0.2, 0.25) is 0 Å². The molecule has 0 spiro atoms. The molecule has 0 heterocycles. The van der Waals surface area contributed by atoms with Crippen LogP contribution in [0.2, 0.25) is 0 Å². The van der Waals surface area contributed by atoms with E-state index in [1.165, 1.54) is 0 Å². The standard InChI is InChI=1S/C14H20O3/c1-4-11(2)10-17-14(15)9-12-7-5-6-8-13(12)16-3/h5-8,11H,4,9-10H2,1-3H3. The van der Waals surface area contributed by atoms with Gasteiger partial charge in [-0.25, -0.2) is 0 Å². The van der Waals surface area contributed by atoms with Crippen molar-refractivity contribution in [3.8, 4) is 5.75 Å². The van der Waals surface area contributed by atoms with E-state index >= 15 is 0 Å². The SMILES string of the molecule is CCC(C)COC(=O)Cc1ccccc1OC. The highest BCUT2D eigenvalue weighted by Crippen LogP contribution is 2.18. The maximum absolute atomic E-state index is 11.6. The normalized spacial score (nSPS) is 11.9. The molecule has 0 aliphatic rings. The first-order valence-electron chi connectivity index (χ1n) is 5.94. The van der Waals surface area contributed by atoms with Crippen LogP contribution in [0.1, 0.15) is 25.8 Å². The Morgan fingerprint density at radius 3 is 2.71 bits per heavy atom. The van der Waals surface area contributed by atoms with Crippen LogP contribution in [0.3, 0.4) is 0 Å². The van der Waals surface area contributed by atoms with Crippen molar-refractivity contribution in [1.82, 2.24) is 0 Å². The molecular weight excluding hydrogens is 216 g/mol. The average Bonchev–Trinajstić information content (AvgIpc) is 2.36. The maximum atomic E-state index is 11.6. The highest BCUT2D eigenvalue weighted by Gasteiger charge is 2.10. The molecule has 3 nitrogen and oxygen atoms in total. The van der Waals surface area contributed by atoms with Crippen LogP contribution < -0.4 is 4.74 Å². The molecule has 0 aliphatic heterocycles. The second-order valence-corrected chi connectivity index (χ2v) is 4.19. The van der Waals surface area contributed by atoms with E-state index in [0.717, 1.165) is 17.7 Å². The lowest BCUT2D eigenvalue weighted by Gasteiger charge is -2.11. The second-order valence-electron chi connectivity index (χ2n) is 4.19. The molecule has 1 unspecified atom stereocenters. The summed E-state index contributed by atoms with van der Waals surface area (Å²) in [5.74, 6) is 0.944. The van der Waals surface area contributed by atoms with Crippen LogP contribution in [0.25, 0.3) is 0 Å². The third-order valence-electron chi connectivity index (χ3n) is 2.75. The molecule has 1 rings (SSSR count). The fraction of sp³-hybridized carbons (Fsp3) is 0.500. The summed E-state index contributed by atoms with van der Waals surface area (Å²) >= 11 is 0. The number of para-hydroxylation sites is 1. The Bertz CT molecular complexity index is 360. The number of carbonyl (C=O) groups excluding carboxylic acids is 1. The molecule has 0 aromatic heterocycles. The van der Waals surface area contributed by atoms with Gasteiger partial charge >= 0.3 is 5.97 Å². The summed E-state index contributed by atoms with van der Waals surface area (Å²) in [6.07, 6.45) is 1.28. The minimum atomic E-state index is -0.199. The largest absolute Gasteiger partial charge is 0.496 e. The first-order chi connectivity index (χ1) is 8.17. The number of rotatable bonds is 6. The molecule has 17 heavy (non-hydrogen) atoms. The number of carbonyl (C=O) groups is 1. The molecule has 0 N–H and O–H groups in total. The topological polar surface area (TPSA) is 35.5 Å². The summed E-state index contributed by atoms with van der Waals surface area (Å²) in [6, 6.07) is 7.49. The van der Waals surface area contributed by atoms with Gasteiger partial charge in [0.15, 0.2) is 0 Å². The highest BCUT2D eigenvalue weighted by molar-refractivity contribution is 5.73. The number of ether oxygens (including phenoxy) is 2. The Kier molecular flexibility index (Phi) is 5.53. The van der Waals surface area contributed by atoms with Gasteiger partial charge in [0, 0.05) is 5.56 Å². The van der Waals surface area contributed by atoms with E-state index in [2.05, 4.69) is 13.8 Å². The maximum Gasteiger partial charge on any atom is 0.310 e. The van der Waals surface area contributed by atoms with Crippen molar-refractivity contribution in [3.63, 3.8) is 0 Å². The lowest BCUT2D eigenvalue weighted by Crippen LogP contribution is -2.13. The second kappa shape index (κ2) is 6.94. The first-order valence-corrected chi connectivity index (χ1v) is 5.94. The zero-order valence-electron chi connectivity index (χ0n) is 10.7. The first kappa shape index (κ1) is 13.6. The Balaban J connectivity index is 2.50. The molecule has 0 bridgehead atoms. The number of hydrogen-bond donors (Lipinski definition) is 0. The van der Waals surface area contributed by atoms with Gasteiger partial charge in [0.05, 0.1) is 20.1 Å². The van der Waals surface area contributed by atoms with Gasteiger partial charge in [-0.1, -0.05) is 38.5 Å². The minimum absolute atomic E-state index is 0.199. The summed E-state index contributed by atoms with van der Waals surface area (Å²) in [6.45, 7) is 4.64. The van der Waals surface area contributed by atoms with Gasteiger partial charge in [-0.15, -0.1) is 0 Å². The lowest BCUT2D eigenvalue weighted by atomic mass is 10.1. The van der Waals surface area contributed by atoms with Crippen LogP contribution in [0.5, 0.6) is 5.75 Å². The summed E-state index contributed by atoms with van der Waals surface area (Å²) in [5, 5.41) is 0. The predicted octanol–water partition coefficient (Wildman–Crippen LogP) is 2.83. The van der Waals surface area contributed by atoms with Gasteiger partial charge in [0.1, 0.15) is 5.75 Å². The van der Waals surface area contributed by atoms with Crippen molar-refractivity contribution in [3.05, 3.63) is 29.8 Å². The van der Waals surface area contributed by atoms with E-state index in [1.807, 2.05) is 24.3 Å². The molecule has 0 fully saturated rings. The Labute approximate surface area is 103 Å². The van der Waals surface area contributed by atoms with Crippen molar-refractivity contribution in [2.24, 2.45) is 5.92 Å². The number of hydrogen-bond acceptors (Lipinski definition) is 3. The van der Waals surface area contributed by atoms with E-state index in [4.69, 9.17) is 9.47 Å². The van der Waals surface area contributed by atoms with E-state index < -0.39 is 0 Å². The van der Waals surface area contributed by atoms with Crippen LogP contribution in [-0.4, -0.2) is 19.7 Å². The van der Waals surface area contributed by atoms with Crippen molar-refractivity contribution in [1.29, 1.82) is 0 Å². The predicted molar refractivity (Wildman–Crippen MR) is 67.1 cm³/mol. The number of esters is 1. The van der Waals surface area contributed by atoms with Gasteiger partial charge in [-0.05, 0) is 12.0 Å². The van der Waals surface area contributed by atoms with Gasteiger partial charge in [-0.2, -0.15) is 0 Å². The molecule has 94 valence electrons. The van der Waals surface area contributed by atoms with Gasteiger partial charge in [-0.3, -0.25) is 4.79 Å². The van der Waals surface area contributed by atoms with E-state index in [-0.39, 0.29) is 12.4 Å². The fourth-order valence-corrected chi connectivity index (χ4v) is 1.41. The third kappa shape index (κ3) is 4.47. The van der Waals surface area contributed by atoms with Gasteiger partial charge < -0.3 is 9.47 Å². The average molecular weight is 236 g/mol. The summed E-state index contributed by atoms with van der Waals surface area (Å²) in [7, 11) is 1.60. The highest BCUT2D eigenvalue weighted by atomic mass is 16.5. The zero-order chi connectivity index (χ0) is 12.7. The summed E-state index contributed by atoms with van der Waals surface area (Å²) in [4.78, 5) is 11.6. The Morgan fingerprint density at radius 2 is 2.06 bits per heavy atom. The lowest BCUT2D eigenvalue weighted by molar-refractivity contribution is -0.144. The smallest absolute Gasteiger partial charge is 0.310 e. The van der Waals surface area contributed by atoms with Crippen molar-refractivity contribution >= 4 is 5.97 Å². The Hall–Kier alpha value is -1.51. The molecule has 0 aliphatic carbocycles. The molecule has 0 radical (unpaired) electrons. The molecule has 0 saturated heterocycles. The Morgan fingerprint density at radius 1 is 1.35 bits per heavy atom. The minimum Gasteiger partial charge on any atom is -0.496 e. The molecule has 1 aromatic carbocycles. The summed E-state index contributed by atoms with van der Waals surface area (Å²) < 4.78 is 10.4. The monoisotopic (exact) mass is 236 g/mol. The van der Waals surface area contributed by atoms with Gasteiger partial charge in [0.25, 0.3) is 0 Å². The van der Waals surface area contributed by atoms with Crippen molar-refractivity contribution < 1.29 is 14.3 Å². The molecule has 0 amide bonds. The van der Waals surface area contributed by atoms with Crippen LogP contribution in [0.4, 0.5) is 0 Å². The number of benzene rings is 1. The third-order valence-corrected chi connectivity index (χ3v) is 2.75. The summed E-state index contributed by atoms with van der Waals surface area (Å²) in [5.41, 5.74) is 0.865. The number of methoxy groups -OCH3 is 1. The molecule has 0 saturated carbocycles. The molecule has 3 heteroatoms.